The van der Waals surface area contributed by atoms with Crippen LogP contribution in [0.15, 0.2) is 24.5 Å². The van der Waals surface area contributed by atoms with Crippen LogP contribution in [0.25, 0.3) is 0 Å². The quantitative estimate of drug-likeness (QED) is 0.797. The van der Waals surface area contributed by atoms with Gasteiger partial charge in [-0.25, -0.2) is 8.42 Å². The molecule has 15 heavy (non-hydrogen) atoms. The molecule has 0 bridgehead atoms. The molecule has 2 rings (SSSR count). The fourth-order valence-electron chi connectivity index (χ4n) is 1.96. The largest absolute Gasteiger partial charge is 0.324 e. The number of hydrogen-bond acceptors (Lipinski definition) is 4. The minimum Gasteiger partial charge on any atom is -0.324 e. The van der Waals surface area contributed by atoms with Crippen LogP contribution in [0.4, 0.5) is 0 Å². The molecule has 1 aliphatic heterocycles. The van der Waals surface area contributed by atoms with Crippen LogP contribution in [-0.2, 0) is 9.84 Å². The summed E-state index contributed by atoms with van der Waals surface area (Å²) in [6, 6.07) is 3.50. The SMILES string of the molecule is NC(c1ccncc1)C1CCS(=O)(=O)C1. The lowest BCUT2D eigenvalue weighted by atomic mass is 9.94. The minimum absolute atomic E-state index is 0.0531. The second-order valence-electron chi connectivity index (χ2n) is 3.97. The van der Waals surface area contributed by atoms with Gasteiger partial charge in [0.2, 0.25) is 0 Å². The van der Waals surface area contributed by atoms with Gasteiger partial charge >= 0.3 is 0 Å². The molecule has 1 aromatic rings. The molecule has 0 radical (unpaired) electrons. The van der Waals surface area contributed by atoms with Gasteiger partial charge in [0, 0.05) is 18.4 Å². The third kappa shape index (κ3) is 2.35. The summed E-state index contributed by atoms with van der Waals surface area (Å²) >= 11 is 0. The Morgan fingerprint density at radius 3 is 2.60 bits per heavy atom. The van der Waals surface area contributed by atoms with Crippen molar-refractivity contribution in [2.24, 2.45) is 11.7 Å². The van der Waals surface area contributed by atoms with Gasteiger partial charge in [0.15, 0.2) is 9.84 Å². The minimum atomic E-state index is -2.84. The second kappa shape index (κ2) is 3.90. The Bertz CT molecular complexity index is 430. The van der Waals surface area contributed by atoms with Crippen molar-refractivity contribution in [1.82, 2.24) is 4.98 Å². The van der Waals surface area contributed by atoms with Crippen LogP contribution >= 0.6 is 0 Å². The molecule has 1 aromatic heterocycles. The van der Waals surface area contributed by atoms with E-state index in [0.29, 0.717) is 6.42 Å². The zero-order chi connectivity index (χ0) is 10.9. The number of pyridine rings is 1. The number of nitrogens with zero attached hydrogens (tertiary/aromatic N) is 1. The first kappa shape index (κ1) is 10.6. The standard InChI is InChI=1S/C10H14N2O2S/c11-10(8-1-4-12-5-2-8)9-3-6-15(13,14)7-9/h1-2,4-5,9-10H,3,6-7,11H2. The summed E-state index contributed by atoms with van der Waals surface area (Å²) in [4.78, 5) is 3.91. The van der Waals surface area contributed by atoms with E-state index in [1.54, 1.807) is 12.4 Å². The maximum absolute atomic E-state index is 11.3. The number of nitrogens with two attached hydrogens (primary N) is 1. The summed E-state index contributed by atoms with van der Waals surface area (Å²) in [5.74, 6) is 0.546. The summed E-state index contributed by atoms with van der Waals surface area (Å²) in [6.07, 6.45) is 4.03. The first-order chi connectivity index (χ1) is 7.08. The molecule has 1 saturated heterocycles. The molecule has 2 atom stereocenters. The van der Waals surface area contributed by atoms with Gasteiger partial charge < -0.3 is 5.73 Å². The van der Waals surface area contributed by atoms with E-state index in [0.717, 1.165) is 5.56 Å². The maximum Gasteiger partial charge on any atom is 0.150 e. The first-order valence-electron chi connectivity index (χ1n) is 4.94. The molecule has 4 nitrogen and oxygen atoms in total. The van der Waals surface area contributed by atoms with Gasteiger partial charge in [-0.2, -0.15) is 0 Å². The van der Waals surface area contributed by atoms with Crippen molar-refractivity contribution in [2.45, 2.75) is 12.5 Å². The van der Waals surface area contributed by atoms with Gasteiger partial charge in [-0.15, -0.1) is 0 Å². The molecule has 1 aliphatic rings. The predicted molar refractivity (Wildman–Crippen MR) is 57.9 cm³/mol. The van der Waals surface area contributed by atoms with E-state index < -0.39 is 9.84 Å². The molecule has 2 heterocycles. The van der Waals surface area contributed by atoms with Gasteiger partial charge in [0.1, 0.15) is 0 Å². The van der Waals surface area contributed by atoms with E-state index in [9.17, 15) is 8.42 Å². The second-order valence-corrected chi connectivity index (χ2v) is 6.20. The summed E-state index contributed by atoms with van der Waals surface area (Å²) in [7, 11) is -2.84. The third-order valence-electron chi connectivity index (χ3n) is 2.87. The Balaban J connectivity index is 2.14. The highest BCUT2D eigenvalue weighted by molar-refractivity contribution is 7.91. The molecule has 1 fully saturated rings. The fraction of sp³-hybridized carbons (Fsp3) is 0.500. The van der Waals surface area contributed by atoms with E-state index in [-0.39, 0.29) is 23.5 Å². The highest BCUT2D eigenvalue weighted by atomic mass is 32.2. The van der Waals surface area contributed by atoms with E-state index in [4.69, 9.17) is 5.73 Å². The number of hydrogen-bond donors (Lipinski definition) is 1. The molecule has 2 unspecified atom stereocenters. The van der Waals surface area contributed by atoms with E-state index in [2.05, 4.69) is 4.98 Å². The van der Waals surface area contributed by atoms with Gasteiger partial charge in [-0.1, -0.05) is 0 Å². The van der Waals surface area contributed by atoms with Crippen molar-refractivity contribution >= 4 is 9.84 Å². The lowest BCUT2D eigenvalue weighted by Gasteiger charge is -2.17. The van der Waals surface area contributed by atoms with Crippen molar-refractivity contribution in [1.29, 1.82) is 0 Å². The lowest BCUT2D eigenvalue weighted by Crippen LogP contribution is -2.22. The molecule has 5 heteroatoms. The molecular weight excluding hydrogens is 212 g/mol. The molecule has 0 amide bonds. The van der Waals surface area contributed by atoms with Crippen molar-refractivity contribution in [3.05, 3.63) is 30.1 Å². The highest BCUT2D eigenvalue weighted by Crippen LogP contribution is 2.29. The lowest BCUT2D eigenvalue weighted by molar-refractivity contribution is 0.479. The zero-order valence-electron chi connectivity index (χ0n) is 8.33. The van der Waals surface area contributed by atoms with Gasteiger partial charge in [0.25, 0.3) is 0 Å². The maximum atomic E-state index is 11.3. The first-order valence-corrected chi connectivity index (χ1v) is 6.76. The van der Waals surface area contributed by atoms with Gasteiger partial charge in [-0.3, -0.25) is 4.98 Å². The van der Waals surface area contributed by atoms with Gasteiger partial charge in [-0.05, 0) is 30.0 Å². The topological polar surface area (TPSA) is 73.0 Å². The fourth-order valence-corrected chi connectivity index (χ4v) is 3.82. The number of rotatable bonds is 2. The van der Waals surface area contributed by atoms with Crippen LogP contribution in [0.3, 0.4) is 0 Å². The Kier molecular flexibility index (Phi) is 2.75. The third-order valence-corrected chi connectivity index (χ3v) is 4.66. The van der Waals surface area contributed by atoms with Crippen molar-refractivity contribution in [3.8, 4) is 0 Å². The zero-order valence-corrected chi connectivity index (χ0v) is 9.15. The number of sulfone groups is 1. The van der Waals surface area contributed by atoms with Crippen LogP contribution in [0.2, 0.25) is 0 Å². The van der Waals surface area contributed by atoms with Crippen LogP contribution in [0.1, 0.15) is 18.0 Å². The van der Waals surface area contributed by atoms with Crippen LogP contribution in [-0.4, -0.2) is 24.9 Å². The Morgan fingerprint density at radius 1 is 1.40 bits per heavy atom. The summed E-state index contributed by atoms with van der Waals surface area (Å²) in [5, 5.41) is 0. The van der Waals surface area contributed by atoms with E-state index >= 15 is 0 Å². The highest BCUT2D eigenvalue weighted by Gasteiger charge is 2.32. The molecule has 0 aromatic carbocycles. The molecule has 0 aliphatic carbocycles. The van der Waals surface area contributed by atoms with Crippen LogP contribution in [0.5, 0.6) is 0 Å². The average molecular weight is 226 g/mol. The smallest absolute Gasteiger partial charge is 0.150 e. The van der Waals surface area contributed by atoms with E-state index in [1.807, 2.05) is 12.1 Å². The average Bonchev–Trinajstić information content (AvgIpc) is 2.59. The molecule has 2 N–H and O–H groups in total. The Labute approximate surface area is 89.4 Å². The van der Waals surface area contributed by atoms with Crippen molar-refractivity contribution in [2.75, 3.05) is 11.5 Å². The molecule has 0 saturated carbocycles. The molecule has 82 valence electrons. The molecule has 0 spiro atoms. The van der Waals surface area contributed by atoms with E-state index in [1.165, 1.54) is 0 Å². The Hall–Kier alpha value is -0.940. The summed E-state index contributed by atoms with van der Waals surface area (Å²) in [6.45, 7) is 0. The summed E-state index contributed by atoms with van der Waals surface area (Å²) < 4.78 is 22.6. The predicted octanol–water partition coefficient (Wildman–Crippen LogP) is 0.516. The van der Waals surface area contributed by atoms with Crippen molar-refractivity contribution in [3.63, 3.8) is 0 Å². The van der Waals surface area contributed by atoms with Crippen molar-refractivity contribution < 1.29 is 8.42 Å². The van der Waals surface area contributed by atoms with Gasteiger partial charge in [0.05, 0.1) is 11.5 Å². The Morgan fingerprint density at radius 2 is 2.07 bits per heavy atom. The normalized spacial score (nSPS) is 26.3. The summed E-state index contributed by atoms with van der Waals surface area (Å²) in [5.41, 5.74) is 6.99. The number of aromatic nitrogens is 1. The monoisotopic (exact) mass is 226 g/mol. The van der Waals surface area contributed by atoms with Crippen LogP contribution < -0.4 is 5.73 Å². The molecular formula is C10H14N2O2S. The van der Waals surface area contributed by atoms with Crippen LogP contribution in [0, 0.1) is 5.92 Å².